The third kappa shape index (κ3) is 4.28. The van der Waals surface area contributed by atoms with Crippen LogP contribution in [0, 0.1) is 10.1 Å². The van der Waals surface area contributed by atoms with Gasteiger partial charge in [0.15, 0.2) is 5.60 Å². The fourth-order valence-electron chi connectivity index (χ4n) is 5.69. The minimum Gasteiger partial charge on any atom is -0.458 e. The molecule has 0 radical (unpaired) electrons. The number of aliphatic hydroxyl groups excluding tert-OH is 1. The molecule has 1 atom stereocenters. The van der Waals surface area contributed by atoms with Gasteiger partial charge in [0.1, 0.15) is 18.0 Å². The van der Waals surface area contributed by atoms with Gasteiger partial charge >= 0.3 is 11.7 Å². The van der Waals surface area contributed by atoms with Crippen LogP contribution in [-0.2, 0) is 28.3 Å². The molecule has 2 aromatic carbocycles. The number of esters is 1. The monoisotopic (exact) mass is 583 g/mol. The largest absolute Gasteiger partial charge is 0.458 e. The molecule has 2 aliphatic heterocycles. The molecule has 0 bridgehead atoms. The van der Waals surface area contributed by atoms with Gasteiger partial charge in [-0.3, -0.25) is 24.3 Å². The summed E-state index contributed by atoms with van der Waals surface area (Å²) in [6.45, 7) is 0.367. The molecule has 43 heavy (non-hydrogen) atoms. The highest BCUT2D eigenvalue weighted by Crippen LogP contribution is 2.47. The van der Waals surface area contributed by atoms with E-state index in [0.717, 1.165) is 5.01 Å². The summed E-state index contributed by atoms with van der Waals surface area (Å²) in [4.78, 5) is 56.1. The number of nitrogens with zero attached hydrogens (tertiary/aromatic N) is 5. The van der Waals surface area contributed by atoms with Crippen LogP contribution in [0.2, 0.25) is 0 Å². The van der Waals surface area contributed by atoms with Gasteiger partial charge in [-0.15, -0.1) is 0 Å². The van der Waals surface area contributed by atoms with E-state index >= 15 is 0 Å². The molecule has 4 heterocycles. The summed E-state index contributed by atoms with van der Waals surface area (Å²) >= 11 is 0. The maximum atomic E-state index is 13.8. The summed E-state index contributed by atoms with van der Waals surface area (Å²) in [7, 11) is 0. The predicted molar refractivity (Wildman–Crippen MR) is 153 cm³/mol. The quantitative estimate of drug-likeness (QED) is 0.126. The van der Waals surface area contributed by atoms with Crippen molar-refractivity contribution in [2.24, 2.45) is 5.10 Å². The van der Waals surface area contributed by atoms with Crippen molar-refractivity contribution in [3.05, 3.63) is 103 Å². The van der Waals surface area contributed by atoms with Crippen LogP contribution >= 0.6 is 0 Å². The number of nitro groups is 1. The Morgan fingerprint density at radius 3 is 2.60 bits per heavy atom. The second-order valence-corrected chi connectivity index (χ2v) is 10.1. The van der Waals surface area contributed by atoms with Gasteiger partial charge in [0, 0.05) is 22.1 Å². The summed E-state index contributed by atoms with van der Waals surface area (Å²) < 4.78 is 6.27. The van der Waals surface area contributed by atoms with E-state index in [9.17, 15) is 34.7 Å². The lowest BCUT2D eigenvalue weighted by Gasteiger charge is -2.31. The van der Waals surface area contributed by atoms with Crippen molar-refractivity contribution in [2.75, 3.05) is 13.2 Å². The van der Waals surface area contributed by atoms with E-state index in [1.165, 1.54) is 17.7 Å². The van der Waals surface area contributed by atoms with Crippen LogP contribution in [0.5, 0.6) is 0 Å². The Bertz CT molecular complexity index is 1920. The van der Waals surface area contributed by atoms with Crippen LogP contribution < -0.4 is 5.56 Å². The van der Waals surface area contributed by atoms with E-state index in [1.54, 1.807) is 54.6 Å². The van der Waals surface area contributed by atoms with Crippen molar-refractivity contribution in [1.29, 1.82) is 0 Å². The van der Waals surface area contributed by atoms with E-state index in [0.29, 0.717) is 27.6 Å². The first-order valence-electron chi connectivity index (χ1n) is 13.5. The number of amides is 1. The molecule has 0 aliphatic carbocycles. The zero-order valence-electron chi connectivity index (χ0n) is 22.9. The number of cyclic esters (lactones) is 1. The molecule has 2 aromatic heterocycles. The molecular weight excluding hydrogens is 558 g/mol. The fraction of sp³-hybridized carbons (Fsp3) is 0.233. The molecule has 4 aromatic rings. The van der Waals surface area contributed by atoms with Crippen molar-refractivity contribution in [2.45, 2.75) is 32.1 Å². The number of aliphatic hydroxyl groups is 2. The fourth-order valence-corrected chi connectivity index (χ4v) is 5.69. The summed E-state index contributed by atoms with van der Waals surface area (Å²) in [5.41, 5.74) is -2.54. The molecule has 1 amide bonds. The van der Waals surface area contributed by atoms with Gasteiger partial charge in [0.25, 0.3) is 11.5 Å². The highest BCUT2D eigenvalue weighted by molar-refractivity contribution is 6.04. The number of fused-ring (bicyclic) bond motifs is 5. The highest BCUT2D eigenvalue weighted by Gasteiger charge is 2.52. The highest BCUT2D eigenvalue weighted by atomic mass is 16.6. The van der Waals surface area contributed by atoms with Gasteiger partial charge in [-0.05, 0) is 24.6 Å². The predicted octanol–water partition coefficient (Wildman–Crippen LogP) is 2.46. The maximum Gasteiger partial charge on any atom is 0.343 e. The first kappa shape index (κ1) is 27.9. The van der Waals surface area contributed by atoms with Crippen molar-refractivity contribution in [3.8, 4) is 11.4 Å². The second-order valence-electron chi connectivity index (χ2n) is 10.1. The lowest BCUT2D eigenvalue weighted by molar-refractivity contribution is -0.386. The number of aromatic nitrogens is 2. The average molecular weight is 584 g/mol. The van der Waals surface area contributed by atoms with Crippen LogP contribution in [-0.4, -0.2) is 60.9 Å². The van der Waals surface area contributed by atoms with E-state index in [2.05, 4.69) is 10.1 Å². The first-order valence-corrected chi connectivity index (χ1v) is 13.5. The van der Waals surface area contributed by atoms with Crippen molar-refractivity contribution < 1.29 is 29.5 Å². The third-order valence-electron chi connectivity index (χ3n) is 7.80. The Morgan fingerprint density at radius 2 is 1.91 bits per heavy atom. The van der Waals surface area contributed by atoms with Crippen LogP contribution in [0.25, 0.3) is 22.3 Å². The van der Waals surface area contributed by atoms with Crippen LogP contribution in [0.15, 0.2) is 64.5 Å². The molecular formula is C30H25N5O8. The zero-order valence-corrected chi connectivity index (χ0v) is 22.9. The average Bonchev–Trinajstić information content (AvgIpc) is 3.40. The molecule has 0 saturated heterocycles. The number of hydrogen-bond donors (Lipinski definition) is 2. The SMILES string of the molecule is CC[C@@]1(O)C(=O)OCc2c1c([N+](=O)[O-])c1n(c2=O)Cc2c-1nc1ccccc1c2C=NN(CCO)C(=O)c1ccccc1. The number of hydrazone groups is 1. The molecule has 0 spiro atoms. The number of carbonyl (C=O) groups excluding carboxylic acids is 2. The number of benzene rings is 2. The Morgan fingerprint density at radius 1 is 1.19 bits per heavy atom. The smallest absolute Gasteiger partial charge is 0.343 e. The Hall–Kier alpha value is -5.27. The molecule has 2 N–H and O–H groups in total. The Balaban J connectivity index is 1.59. The number of ether oxygens (including phenoxy) is 1. The number of hydrogen-bond acceptors (Lipinski definition) is 10. The van der Waals surface area contributed by atoms with Crippen molar-refractivity contribution in [1.82, 2.24) is 14.6 Å². The molecule has 2 aliphatic rings. The normalized spacial score (nSPS) is 17.0. The van der Waals surface area contributed by atoms with E-state index < -0.39 is 40.3 Å². The van der Waals surface area contributed by atoms with E-state index in [4.69, 9.17) is 4.74 Å². The van der Waals surface area contributed by atoms with Gasteiger partial charge in [0.2, 0.25) is 0 Å². The van der Waals surface area contributed by atoms with E-state index in [-0.39, 0.29) is 48.6 Å². The molecule has 0 fully saturated rings. The minimum absolute atomic E-state index is 0.100. The van der Waals surface area contributed by atoms with Gasteiger partial charge in [-0.1, -0.05) is 43.3 Å². The number of para-hydroxylation sites is 1. The molecule has 6 rings (SSSR count). The van der Waals surface area contributed by atoms with Gasteiger partial charge < -0.3 is 14.9 Å². The zero-order chi connectivity index (χ0) is 30.5. The minimum atomic E-state index is -2.39. The Kier molecular flexibility index (Phi) is 6.83. The number of pyridine rings is 2. The van der Waals surface area contributed by atoms with Crippen LogP contribution in [0.4, 0.5) is 5.69 Å². The third-order valence-corrected chi connectivity index (χ3v) is 7.80. The Labute approximate surface area is 243 Å². The molecule has 13 nitrogen and oxygen atoms in total. The van der Waals surface area contributed by atoms with Crippen molar-refractivity contribution in [3.63, 3.8) is 0 Å². The van der Waals surface area contributed by atoms with Crippen LogP contribution in [0.1, 0.15) is 46.0 Å². The number of rotatable bonds is 7. The standard InChI is InChI=1S/C30H25N5O8/c1-2-30(40)23-21(16-43-29(30)39)28(38)33-15-20-19(14-31-34(12-13-36)27(37)17-8-4-3-5-9-17)18-10-6-7-11-22(18)32-24(20)26(33)25(23)35(41)42/h3-11,14,36,40H,2,12-13,15-16H2,1H3/t30-/m0/s1. The van der Waals surface area contributed by atoms with Gasteiger partial charge in [0.05, 0.1) is 47.5 Å². The molecule has 218 valence electrons. The van der Waals surface area contributed by atoms with Crippen LogP contribution in [0.3, 0.4) is 0 Å². The van der Waals surface area contributed by atoms with Crippen molar-refractivity contribution >= 4 is 34.7 Å². The summed E-state index contributed by atoms with van der Waals surface area (Å²) in [5, 5.41) is 39.6. The van der Waals surface area contributed by atoms with Gasteiger partial charge in [-0.25, -0.2) is 14.8 Å². The summed E-state index contributed by atoms with van der Waals surface area (Å²) in [6, 6.07) is 15.4. The molecule has 0 saturated carbocycles. The maximum absolute atomic E-state index is 13.8. The molecule has 13 heteroatoms. The lowest BCUT2D eigenvalue weighted by Crippen LogP contribution is -2.45. The summed E-state index contributed by atoms with van der Waals surface area (Å²) in [5.74, 6) is -1.52. The van der Waals surface area contributed by atoms with E-state index in [1.807, 2.05) is 0 Å². The second kappa shape index (κ2) is 10.5. The molecule has 0 unspecified atom stereocenters. The number of carbonyl (C=O) groups is 2. The summed E-state index contributed by atoms with van der Waals surface area (Å²) in [6.07, 6.45) is 1.16. The van der Waals surface area contributed by atoms with Gasteiger partial charge in [-0.2, -0.15) is 5.10 Å². The topological polar surface area (TPSA) is 177 Å². The first-order chi connectivity index (χ1) is 20.7. The lowest BCUT2D eigenvalue weighted by atomic mass is 9.84.